The molecule has 0 bridgehead atoms. The van der Waals surface area contributed by atoms with E-state index in [9.17, 15) is 0 Å². The van der Waals surface area contributed by atoms with Crippen molar-refractivity contribution in [3.63, 3.8) is 0 Å². The zero-order valence-corrected chi connectivity index (χ0v) is 32.3. The Morgan fingerprint density at radius 3 is 0.633 bits per heavy atom. The average Bonchev–Trinajstić information content (AvgIpc) is 3.19. The topological polar surface area (TPSA) is 34.1 Å². The minimum atomic E-state index is -0.555. The molecular formula is C43H43O2P3Ru. The monoisotopic (exact) mass is 786 g/mol. The Kier molecular flexibility index (Phi) is 17.6. The van der Waals surface area contributed by atoms with Gasteiger partial charge in [0.15, 0.2) is 0 Å². The van der Waals surface area contributed by atoms with Crippen LogP contribution < -0.4 is 31.8 Å². The number of hydrogen-bond acceptors (Lipinski definition) is 2. The molecule has 0 amide bonds. The van der Waals surface area contributed by atoms with Crippen molar-refractivity contribution in [1.29, 1.82) is 0 Å². The molecule has 6 rings (SSSR count). The largest absolute Gasteiger partial charge is 0.307 e. The van der Waals surface area contributed by atoms with Crippen LogP contribution in [0.25, 0.3) is 0 Å². The Labute approximate surface area is 309 Å². The van der Waals surface area contributed by atoms with Gasteiger partial charge in [0.1, 0.15) is 13.6 Å². The first kappa shape index (κ1) is 40.0. The van der Waals surface area contributed by atoms with Crippen molar-refractivity contribution in [3.8, 4) is 0 Å². The Morgan fingerprint density at radius 1 is 0.347 bits per heavy atom. The molecule has 2 nitrogen and oxygen atoms in total. The molecule has 0 fully saturated rings. The van der Waals surface area contributed by atoms with Gasteiger partial charge in [-0.3, -0.25) is 0 Å². The molecule has 0 saturated heterocycles. The van der Waals surface area contributed by atoms with Gasteiger partial charge in [0, 0.05) is 19.5 Å². The maximum absolute atomic E-state index is 8.00. The summed E-state index contributed by atoms with van der Waals surface area (Å²) in [7, 11) is -1.66. The minimum Gasteiger partial charge on any atom is -0.307 e. The minimum absolute atomic E-state index is 0. The van der Waals surface area contributed by atoms with Crippen LogP contribution in [0.4, 0.5) is 0 Å². The molecule has 6 aromatic rings. The van der Waals surface area contributed by atoms with E-state index in [1.54, 1.807) is 0 Å². The summed E-state index contributed by atoms with van der Waals surface area (Å²) in [5, 5.41) is 8.79. The van der Waals surface area contributed by atoms with Gasteiger partial charge in [-0.05, 0) is 79.5 Å². The van der Waals surface area contributed by atoms with E-state index >= 15 is 0 Å². The number of hydrogen-bond donors (Lipinski definition) is 0. The first-order valence-electron chi connectivity index (χ1n) is 15.9. The van der Waals surface area contributed by atoms with Crippen LogP contribution in [0.5, 0.6) is 0 Å². The molecule has 0 saturated carbocycles. The summed E-state index contributed by atoms with van der Waals surface area (Å²) in [6.45, 7) is 6.61. The zero-order valence-electron chi connectivity index (χ0n) is 27.9. The fraction of sp³-hybridized carbons (Fsp3) is 0.116. The predicted octanol–water partition coefficient (Wildman–Crippen LogP) is 8.02. The molecule has 0 heterocycles. The average molecular weight is 786 g/mol. The van der Waals surface area contributed by atoms with Crippen LogP contribution in [0, 0.1) is 5.41 Å². The molecule has 0 aliphatic heterocycles. The third kappa shape index (κ3) is 11.6. The number of rotatable bonds is 12. The molecule has 49 heavy (non-hydrogen) atoms. The quantitative estimate of drug-likeness (QED) is 0.0932. The molecule has 0 spiro atoms. The summed E-state index contributed by atoms with van der Waals surface area (Å²) in [6.07, 6.45) is 3.44. The number of benzene rings is 6. The maximum atomic E-state index is 8.00. The van der Waals surface area contributed by atoms with Crippen LogP contribution in [0.15, 0.2) is 182 Å². The summed E-state index contributed by atoms with van der Waals surface area (Å²) in [6, 6.07) is 67.7. The summed E-state index contributed by atoms with van der Waals surface area (Å²) in [5.74, 6) is 0. The van der Waals surface area contributed by atoms with Crippen LogP contribution in [0.1, 0.15) is 6.92 Å². The Balaban J connectivity index is 0.00000125. The molecular weight excluding hydrogens is 742 g/mol. The molecule has 0 unspecified atom stereocenters. The third-order valence-corrected chi connectivity index (χ3v) is 16.8. The first-order valence-corrected chi connectivity index (χ1v) is 20.5. The SMILES string of the molecule is C=O.C=O.CC(CP(c1ccccc1)c1ccccc1)(CP(c1ccccc1)c1ccccc1)CP(c1ccccc1)c1ccccc1.[Ru]. The molecule has 0 radical (unpaired) electrons. The Morgan fingerprint density at radius 2 is 0.490 bits per heavy atom. The molecule has 0 N–H and O–H groups in total. The van der Waals surface area contributed by atoms with E-state index < -0.39 is 23.8 Å². The summed E-state index contributed by atoms with van der Waals surface area (Å²) in [5.41, 5.74) is 0.0756. The van der Waals surface area contributed by atoms with Crippen molar-refractivity contribution in [2.75, 3.05) is 18.5 Å². The normalized spacial score (nSPS) is 10.7. The summed E-state index contributed by atoms with van der Waals surface area (Å²) >= 11 is 0. The third-order valence-electron chi connectivity index (χ3n) is 8.03. The Hall–Kier alpha value is -3.43. The van der Waals surface area contributed by atoms with Gasteiger partial charge in [0.2, 0.25) is 0 Å². The van der Waals surface area contributed by atoms with Gasteiger partial charge >= 0.3 is 0 Å². The fourth-order valence-corrected chi connectivity index (χ4v) is 14.6. The molecule has 0 aromatic heterocycles. The smallest absolute Gasteiger partial charge is 0.106 e. The van der Waals surface area contributed by atoms with Crippen molar-refractivity contribution in [1.82, 2.24) is 0 Å². The number of carbonyl (C=O) groups excluding carboxylic acids is 2. The van der Waals surface area contributed by atoms with E-state index in [1.165, 1.54) is 31.8 Å². The molecule has 250 valence electrons. The number of carbonyl (C=O) groups is 2. The van der Waals surface area contributed by atoms with Crippen LogP contribution in [-0.4, -0.2) is 32.1 Å². The van der Waals surface area contributed by atoms with Crippen molar-refractivity contribution in [2.45, 2.75) is 6.92 Å². The first-order chi connectivity index (χ1) is 23.7. The second kappa shape index (κ2) is 21.6. The predicted molar refractivity (Wildman–Crippen MR) is 214 cm³/mol. The fourth-order valence-electron chi connectivity index (χ4n) is 5.94. The van der Waals surface area contributed by atoms with E-state index in [0.717, 1.165) is 18.5 Å². The van der Waals surface area contributed by atoms with E-state index in [0.29, 0.717) is 0 Å². The molecule has 0 aliphatic rings. The van der Waals surface area contributed by atoms with Gasteiger partial charge in [0.05, 0.1) is 0 Å². The van der Waals surface area contributed by atoms with E-state index in [1.807, 2.05) is 13.6 Å². The van der Waals surface area contributed by atoms with Crippen molar-refractivity contribution in [3.05, 3.63) is 182 Å². The molecule has 6 aromatic carbocycles. The maximum Gasteiger partial charge on any atom is 0.106 e. The molecule has 6 heteroatoms. The zero-order chi connectivity index (χ0) is 34.0. The van der Waals surface area contributed by atoms with Crippen molar-refractivity contribution in [2.24, 2.45) is 5.41 Å². The van der Waals surface area contributed by atoms with Crippen molar-refractivity contribution < 1.29 is 29.1 Å². The van der Waals surface area contributed by atoms with Crippen molar-refractivity contribution >= 4 is 69.2 Å². The summed E-state index contributed by atoms with van der Waals surface area (Å²) < 4.78 is 0. The second-order valence-corrected chi connectivity index (χ2v) is 18.2. The Bertz CT molecular complexity index is 1400. The van der Waals surface area contributed by atoms with E-state index in [4.69, 9.17) is 9.59 Å². The van der Waals surface area contributed by atoms with Gasteiger partial charge in [-0.25, -0.2) is 0 Å². The van der Waals surface area contributed by atoms with Crippen LogP contribution in [0.2, 0.25) is 0 Å². The van der Waals surface area contributed by atoms with Crippen LogP contribution >= 0.6 is 23.8 Å². The summed E-state index contributed by atoms with van der Waals surface area (Å²) in [4.78, 5) is 16.0. The molecule has 0 atom stereocenters. The van der Waals surface area contributed by atoms with E-state index in [-0.39, 0.29) is 24.9 Å². The molecule has 0 aliphatic carbocycles. The van der Waals surface area contributed by atoms with Gasteiger partial charge in [-0.15, -0.1) is 0 Å². The van der Waals surface area contributed by atoms with E-state index in [2.05, 4.69) is 189 Å². The van der Waals surface area contributed by atoms with Gasteiger partial charge < -0.3 is 9.59 Å². The van der Waals surface area contributed by atoms with Gasteiger partial charge in [-0.1, -0.05) is 189 Å². The van der Waals surface area contributed by atoms with Crippen LogP contribution in [0.3, 0.4) is 0 Å². The standard InChI is InChI=1S/C41H39P3.2CH2O.Ru/c1-41(32-42(35-20-8-2-9-21-35)36-22-10-3-11-23-36,33-43(37-24-12-4-13-25-37)38-26-14-5-15-27-38)34-44(39-28-16-6-17-29-39)40-30-18-7-19-31-40;2*1-2;/h2-31H,32-34H2,1H3;2*1H2;. The van der Waals surface area contributed by atoms with Crippen LogP contribution in [-0.2, 0) is 29.1 Å². The van der Waals surface area contributed by atoms with Gasteiger partial charge in [-0.2, -0.15) is 0 Å². The van der Waals surface area contributed by atoms with Gasteiger partial charge in [0.25, 0.3) is 0 Å². The second-order valence-electron chi connectivity index (χ2n) is 11.6.